The molecule has 0 spiro atoms. The molecule has 0 aliphatic carbocycles. The molecule has 0 N–H and O–H groups in total. The van der Waals surface area contributed by atoms with Gasteiger partial charge in [0.1, 0.15) is 36.5 Å². The van der Waals surface area contributed by atoms with Crippen LogP contribution in [0, 0.1) is 12.3 Å². The molecule has 2 saturated heterocycles. The third kappa shape index (κ3) is 5.50. The van der Waals surface area contributed by atoms with E-state index in [1.807, 2.05) is 60.7 Å². The summed E-state index contributed by atoms with van der Waals surface area (Å²) in [5, 5.41) is 0. The summed E-state index contributed by atoms with van der Waals surface area (Å²) >= 11 is 1.68. The fourth-order valence-corrected chi connectivity index (χ4v) is 4.87. The van der Waals surface area contributed by atoms with Crippen LogP contribution in [-0.2, 0) is 30.3 Å². The van der Waals surface area contributed by atoms with E-state index in [0.717, 1.165) is 16.9 Å². The average Bonchev–Trinajstić information content (AvgIpc) is 2.82. The van der Waals surface area contributed by atoms with Gasteiger partial charge in [-0.3, -0.25) is 0 Å². The van der Waals surface area contributed by atoms with E-state index < -0.39 is 6.29 Å². The summed E-state index contributed by atoms with van der Waals surface area (Å²) in [4.78, 5) is 0. The standard InChI is InChI=1S/C25H28O5S/c1-3-15-26-23-22(27-16-18-11-7-5-8-12-18)21-20(29-25(23)31-4-2)17-28-24(30-21)19-13-9-6-10-14-19/h1,5-14,20-25H,4,15-17H2,2H3/t20-,21-,22+,23-,24?,25+/m1/s1. The molecule has 31 heavy (non-hydrogen) atoms. The van der Waals surface area contributed by atoms with E-state index in [0.29, 0.717) is 13.2 Å². The number of ether oxygens (including phenoxy) is 5. The minimum atomic E-state index is -0.475. The molecule has 5 nitrogen and oxygen atoms in total. The van der Waals surface area contributed by atoms with Crippen LogP contribution in [0.3, 0.4) is 0 Å². The maximum absolute atomic E-state index is 6.44. The van der Waals surface area contributed by atoms with Gasteiger partial charge in [0, 0.05) is 5.56 Å². The lowest BCUT2D eigenvalue weighted by atomic mass is 9.98. The van der Waals surface area contributed by atoms with Gasteiger partial charge in [-0.2, -0.15) is 0 Å². The highest BCUT2D eigenvalue weighted by Gasteiger charge is 2.51. The van der Waals surface area contributed by atoms with Crippen LogP contribution in [0.4, 0.5) is 0 Å². The molecular weight excluding hydrogens is 412 g/mol. The molecule has 0 saturated carbocycles. The number of hydrogen-bond acceptors (Lipinski definition) is 6. The molecule has 6 atom stereocenters. The summed E-state index contributed by atoms with van der Waals surface area (Å²) in [5.74, 6) is 3.46. The van der Waals surface area contributed by atoms with E-state index in [4.69, 9.17) is 30.1 Å². The molecule has 0 radical (unpaired) electrons. The van der Waals surface area contributed by atoms with Crippen LogP contribution < -0.4 is 0 Å². The molecule has 0 aromatic heterocycles. The number of hydrogen-bond donors (Lipinski definition) is 0. The first kappa shape index (κ1) is 22.3. The Morgan fingerprint density at radius 3 is 2.45 bits per heavy atom. The Balaban J connectivity index is 1.57. The molecule has 2 aliphatic rings. The number of benzene rings is 2. The summed E-state index contributed by atoms with van der Waals surface area (Å²) in [6, 6.07) is 20.0. The Hall–Kier alpha value is -1.85. The first-order chi connectivity index (χ1) is 15.3. The molecule has 2 fully saturated rings. The Labute approximate surface area is 188 Å². The molecule has 0 bridgehead atoms. The fraction of sp³-hybridized carbons (Fsp3) is 0.440. The lowest BCUT2D eigenvalue weighted by molar-refractivity contribution is -0.328. The first-order valence-electron chi connectivity index (χ1n) is 10.6. The summed E-state index contributed by atoms with van der Waals surface area (Å²) in [6.45, 7) is 3.17. The predicted molar refractivity (Wildman–Crippen MR) is 120 cm³/mol. The molecule has 1 unspecified atom stereocenters. The third-order valence-corrected chi connectivity index (χ3v) is 6.37. The van der Waals surface area contributed by atoms with Gasteiger partial charge < -0.3 is 23.7 Å². The number of terminal acetylenes is 1. The summed E-state index contributed by atoms with van der Waals surface area (Å²) < 4.78 is 31.3. The maximum Gasteiger partial charge on any atom is 0.184 e. The summed E-state index contributed by atoms with van der Waals surface area (Å²) in [5.41, 5.74) is 1.85. The van der Waals surface area contributed by atoms with Crippen molar-refractivity contribution in [1.29, 1.82) is 0 Å². The average molecular weight is 441 g/mol. The van der Waals surface area contributed by atoms with Crippen molar-refractivity contribution in [3.63, 3.8) is 0 Å². The molecule has 4 rings (SSSR count). The van der Waals surface area contributed by atoms with Crippen LogP contribution in [0.15, 0.2) is 60.7 Å². The van der Waals surface area contributed by atoms with Gasteiger partial charge in [-0.05, 0) is 11.3 Å². The van der Waals surface area contributed by atoms with Gasteiger partial charge in [0.25, 0.3) is 0 Å². The van der Waals surface area contributed by atoms with Crippen molar-refractivity contribution in [2.24, 2.45) is 0 Å². The number of rotatable bonds is 8. The molecule has 6 heteroatoms. The lowest BCUT2D eigenvalue weighted by Gasteiger charge is -2.49. The van der Waals surface area contributed by atoms with Crippen LogP contribution in [0.2, 0.25) is 0 Å². The second kappa shape index (κ2) is 11.1. The van der Waals surface area contributed by atoms with Gasteiger partial charge in [0.2, 0.25) is 0 Å². The van der Waals surface area contributed by atoms with Gasteiger partial charge in [0.05, 0.1) is 13.2 Å². The molecule has 0 amide bonds. The van der Waals surface area contributed by atoms with Crippen molar-refractivity contribution in [2.45, 2.75) is 49.7 Å². The van der Waals surface area contributed by atoms with Gasteiger partial charge in [-0.25, -0.2) is 0 Å². The smallest absolute Gasteiger partial charge is 0.184 e. The van der Waals surface area contributed by atoms with Crippen LogP contribution >= 0.6 is 11.8 Å². The molecule has 2 aliphatic heterocycles. The van der Waals surface area contributed by atoms with Crippen molar-refractivity contribution in [3.8, 4) is 12.3 Å². The van der Waals surface area contributed by atoms with Gasteiger partial charge in [-0.1, -0.05) is 73.5 Å². The topological polar surface area (TPSA) is 46.2 Å². The van der Waals surface area contributed by atoms with E-state index >= 15 is 0 Å². The molecule has 2 aromatic carbocycles. The first-order valence-corrected chi connectivity index (χ1v) is 11.6. The Morgan fingerprint density at radius 2 is 1.74 bits per heavy atom. The molecule has 164 valence electrons. The Kier molecular flexibility index (Phi) is 8.03. The van der Waals surface area contributed by atoms with Crippen molar-refractivity contribution in [3.05, 3.63) is 71.8 Å². The monoisotopic (exact) mass is 440 g/mol. The predicted octanol–water partition coefficient (Wildman–Crippen LogP) is 4.18. The zero-order chi connectivity index (χ0) is 21.5. The zero-order valence-corrected chi connectivity index (χ0v) is 18.4. The van der Waals surface area contributed by atoms with Gasteiger partial charge in [0.15, 0.2) is 6.29 Å². The van der Waals surface area contributed by atoms with Crippen LogP contribution in [0.1, 0.15) is 24.3 Å². The normalized spacial score (nSPS) is 30.3. The van der Waals surface area contributed by atoms with Gasteiger partial charge in [-0.15, -0.1) is 18.2 Å². The van der Waals surface area contributed by atoms with Crippen molar-refractivity contribution >= 4 is 11.8 Å². The highest BCUT2D eigenvalue weighted by Crippen LogP contribution is 2.39. The molecule has 2 heterocycles. The number of fused-ring (bicyclic) bond motifs is 1. The van der Waals surface area contributed by atoms with E-state index in [2.05, 4.69) is 12.8 Å². The minimum Gasteiger partial charge on any atom is -0.368 e. The minimum absolute atomic E-state index is 0.190. The summed E-state index contributed by atoms with van der Waals surface area (Å²) in [7, 11) is 0. The van der Waals surface area contributed by atoms with Crippen LogP contribution in [-0.4, -0.2) is 48.8 Å². The van der Waals surface area contributed by atoms with Crippen molar-refractivity contribution < 1.29 is 23.7 Å². The van der Waals surface area contributed by atoms with Crippen molar-refractivity contribution in [1.82, 2.24) is 0 Å². The molecular formula is C25H28O5S. The fourth-order valence-electron chi connectivity index (χ4n) is 3.90. The zero-order valence-electron chi connectivity index (χ0n) is 17.6. The second-order valence-electron chi connectivity index (χ2n) is 7.42. The van der Waals surface area contributed by atoms with E-state index in [1.54, 1.807) is 11.8 Å². The largest absolute Gasteiger partial charge is 0.368 e. The third-order valence-electron chi connectivity index (χ3n) is 5.33. The Morgan fingerprint density at radius 1 is 1.00 bits per heavy atom. The highest BCUT2D eigenvalue weighted by atomic mass is 32.2. The second-order valence-corrected chi connectivity index (χ2v) is 8.79. The Bertz CT molecular complexity index is 840. The van der Waals surface area contributed by atoms with Gasteiger partial charge >= 0.3 is 0 Å². The van der Waals surface area contributed by atoms with Crippen LogP contribution in [0.25, 0.3) is 0 Å². The maximum atomic E-state index is 6.44. The van der Waals surface area contributed by atoms with E-state index in [9.17, 15) is 0 Å². The summed E-state index contributed by atoms with van der Waals surface area (Å²) in [6.07, 6.45) is 3.75. The SMILES string of the molecule is C#CCO[C@@H]1[C@@H](OCc2ccccc2)[C@@H]2OC(c3ccccc3)OC[C@H]2O[C@H]1SCC. The van der Waals surface area contributed by atoms with Crippen LogP contribution in [0.5, 0.6) is 0 Å². The molecule has 2 aromatic rings. The quantitative estimate of drug-likeness (QED) is 0.574. The van der Waals surface area contributed by atoms with E-state index in [1.165, 1.54) is 0 Å². The van der Waals surface area contributed by atoms with Crippen molar-refractivity contribution in [2.75, 3.05) is 19.0 Å². The number of thioether (sulfide) groups is 1. The lowest BCUT2D eigenvalue weighted by Crippen LogP contribution is -2.62. The highest BCUT2D eigenvalue weighted by molar-refractivity contribution is 7.99. The van der Waals surface area contributed by atoms with E-state index in [-0.39, 0.29) is 36.5 Å².